The Morgan fingerprint density at radius 1 is 1.19 bits per heavy atom. The van der Waals surface area contributed by atoms with Gasteiger partial charge in [0.2, 0.25) is 5.89 Å². The van der Waals surface area contributed by atoms with Crippen LogP contribution in [-0.2, 0) is 21.3 Å². The van der Waals surface area contributed by atoms with Crippen LogP contribution in [0.3, 0.4) is 0 Å². The lowest BCUT2D eigenvalue weighted by atomic mass is 10.2. The number of benzene rings is 2. The minimum Gasteiger partial charge on any atom is -0.496 e. The van der Waals surface area contributed by atoms with Crippen molar-refractivity contribution in [3.05, 3.63) is 70.8 Å². The Morgan fingerprint density at radius 2 is 2.00 bits per heavy atom. The summed E-state index contributed by atoms with van der Waals surface area (Å²) >= 11 is 5.94. The number of oxazole rings is 1. The van der Waals surface area contributed by atoms with Gasteiger partial charge in [0.1, 0.15) is 17.8 Å². The van der Waals surface area contributed by atoms with Crippen LogP contribution in [0.2, 0.25) is 5.02 Å². The predicted octanol–water partition coefficient (Wildman–Crippen LogP) is 4.26. The first-order valence-electron chi connectivity index (χ1n) is 7.59. The monoisotopic (exact) mass is 395 g/mol. The molecule has 2 aromatic carbocycles. The van der Waals surface area contributed by atoms with Crippen molar-refractivity contribution in [1.29, 1.82) is 0 Å². The van der Waals surface area contributed by atoms with Crippen molar-refractivity contribution in [2.24, 2.45) is 0 Å². The van der Waals surface area contributed by atoms with E-state index in [9.17, 15) is 12.8 Å². The lowest BCUT2D eigenvalue weighted by Crippen LogP contribution is -2.09. The van der Waals surface area contributed by atoms with E-state index >= 15 is 0 Å². The molecule has 0 fully saturated rings. The molecule has 26 heavy (non-hydrogen) atoms. The van der Waals surface area contributed by atoms with E-state index in [0.717, 1.165) is 0 Å². The molecule has 3 rings (SSSR count). The summed E-state index contributed by atoms with van der Waals surface area (Å²) in [5, 5.41) is 0.422. The summed E-state index contributed by atoms with van der Waals surface area (Å²) in [5.41, 5.74) is 1.14. The standard InChI is InChI=1S/C18H15ClFNO4S/c1-24-17-6-5-14(19)7-13(17)10-26(22,23)11-16-9-25-18(21-16)12-3-2-4-15(20)8-12/h2-9H,10-11H2,1H3. The van der Waals surface area contributed by atoms with Crippen LogP contribution in [0.4, 0.5) is 4.39 Å². The van der Waals surface area contributed by atoms with Crippen molar-refractivity contribution in [1.82, 2.24) is 4.98 Å². The Hall–Kier alpha value is -2.38. The first-order valence-corrected chi connectivity index (χ1v) is 9.79. The van der Waals surface area contributed by atoms with Gasteiger partial charge >= 0.3 is 0 Å². The Bertz CT molecular complexity index is 1030. The largest absolute Gasteiger partial charge is 0.496 e. The van der Waals surface area contributed by atoms with Crippen LogP contribution in [0.1, 0.15) is 11.3 Å². The highest BCUT2D eigenvalue weighted by atomic mass is 35.5. The number of hydrogen-bond donors (Lipinski definition) is 0. The molecule has 0 radical (unpaired) electrons. The lowest BCUT2D eigenvalue weighted by molar-refractivity contribution is 0.411. The number of nitrogens with zero attached hydrogens (tertiary/aromatic N) is 1. The molecule has 0 amide bonds. The van der Waals surface area contributed by atoms with Crippen molar-refractivity contribution in [2.75, 3.05) is 7.11 Å². The maximum absolute atomic E-state index is 13.3. The van der Waals surface area contributed by atoms with Gasteiger partial charge in [-0.25, -0.2) is 17.8 Å². The first-order chi connectivity index (χ1) is 12.4. The van der Waals surface area contributed by atoms with Gasteiger partial charge in [-0.2, -0.15) is 0 Å². The van der Waals surface area contributed by atoms with Crippen molar-refractivity contribution < 1.29 is 22.0 Å². The molecule has 1 aromatic heterocycles. The van der Waals surface area contributed by atoms with Crippen molar-refractivity contribution >= 4 is 21.4 Å². The van der Waals surface area contributed by atoms with Gasteiger partial charge in [0.05, 0.1) is 24.3 Å². The molecule has 0 atom stereocenters. The Morgan fingerprint density at radius 3 is 2.73 bits per heavy atom. The Balaban J connectivity index is 1.79. The molecule has 5 nitrogen and oxygen atoms in total. The van der Waals surface area contributed by atoms with Crippen molar-refractivity contribution in [3.63, 3.8) is 0 Å². The average Bonchev–Trinajstić information content (AvgIpc) is 3.02. The van der Waals surface area contributed by atoms with Gasteiger partial charge in [-0.15, -0.1) is 0 Å². The van der Waals surface area contributed by atoms with Gasteiger partial charge in [-0.3, -0.25) is 0 Å². The van der Waals surface area contributed by atoms with Gasteiger partial charge in [0.15, 0.2) is 9.84 Å². The van der Waals surface area contributed by atoms with Crippen LogP contribution in [0.15, 0.2) is 53.1 Å². The third kappa shape index (κ3) is 4.42. The Kier molecular flexibility index (Phi) is 5.29. The van der Waals surface area contributed by atoms with Crippen LogP contribution in [0.25, 0.3) is 11.5 Å². The van der Waals surface area contributed by atoms with Crippen molar-refractivity contribution in [2.45, 2.75) is 11.5 Å². The number of ether oxygens (including phenoxy) is 1. The molecule has 0 spiro atoms. The average molecular weight is 396 g/mol. The second-order valence-corrected chi connectivity index (χ2v) is 8.14. The van der Waals surface area contributed by atoms with Crippen molar-refractivity contribution in [3.8, 4) is 17.2 Å². The highest BCUT2D eigenvalue weighted by molar-refractivity contribution is 7.89. The smallest absolute Gasteiger partial charge is 0.226 e. The van der Waals surface area contributed by atoms with E-state index in [1.54, 1.807) is 24.3 Å². The minimum atomic E-state index is -3.55. The number of sulfone groups is 1. The molecular weight excluding hydrogens is 381 g/mol. The molecule has 0 saturated heterocycles. The summed E-state index contributed by atoms with van der Waals surface area (Å²) in [5.74, 6) is -0.392. The van der Waals surface area contributed by atoms with E-state index in [0.29, 0.717) is 21.9 Å². The summed E-state index contributed by atoms with van der Waals surface area (Å²) in [6.45, 7) is 0. The molecule has 0 saturated carbocycles. The first kappa shape index (κ1) is 18.4. The summed E-state index contributed by atoms with van der Waals surface area (Å²) in [7, 11) is -2.09. The molecule has 136 valence electrons. The SMILES string of the molecule is COc1ccc(Cl)cc1CS(=O)(=O)Cc1coc(-c2cccc(F)c2)n1. The van der Waals surface area contributed by atoms with Gasteiger partial charge in [0.25, 0.3) is 0 Å². The molecule has 0 N–H and O–H groups in total. The van der Waals surface area contributed by atoms with Crippen LogP contribution < -0.4 is 4.74 Å². The molecule has 0 aliphatic carbocycles. The predicted molar refractivity (Wildman–Crippen MR) is 96.2 cm³/mol. The minimum absolute atomic E-state index is 0.162. The second kappa shape index (κ2) is 7.47. The van der Waals surface area contributed by atoms with Crippen LogP contribution in [0, 0.1) is 5.82 Å². The lowest BCUT2D eigenvalue weighted by Gasteiger charge is -2.09. The number of aromatic nitrogens is 1. The third-order valence-electron chi connectivity index (χ3n) is 3.61. The summed E-state index contributed by atoms with van der Waals surface area (Å²) in [6, 6.07) is 10.5. The van der Waals surface area contributed by atoms with Crippen LogP contribution in [-0.4, -0.2) is 20.5 Å². The third-order valence-corrected chi connectivity index (χ3v) is 5.33. The number of hydrogen-bond acceptors (Lipinski definition) is 5. The number of halogens is 2. The van der Waals surface area contributed by atoms with Crippen LogP contribution in [0.5, 0.6) is 5.75 Å². The number of rotatable bonds is 6. The summed E-state index contributed by atoms with van der Waals surface area (Å²) < 4.78 is 48.8. The molecule has 0 aliphatic heterocycles. The van der Waals surface area contributed by atoms with E-state index in [1.165, 1.54) is 31.6 Å². The highest BCUT2D eigenvalue weighted by Crippen LogP contribution is 2.26. The van der Waals surface area contributed by atoms with E-state index in [1.807, 2.05) is 0 Å². The molecule has 1 heterocycles. The fraction of sp³-hybridized carbons (Fsp3) is 0.167. The molecule has 8 heteroatoms. The fourth-order valence-electron chi connectivity index (χ4n) is 2.50. The van der Waals surface area contributed by atoms with E-state index in [-0.39, 0.29) is 23.1 Å². The zero-order chi connectivity index (χ0) is 18.7. The molecule has 0 unspecified atom stereocenters. The van der Waals surface area contributed by atoms with Gasteiger partial charge in [-0.1, -0.05) is 17.7 Å². The summed E-state index contributed by atoms with van der Waals surface area (Å²) in [6.07, 6.45) is 1.26. The topological polar surface area (TPSA) is 69.4 Å². The Labute approximate surface area is 155 Å². The van der Waals surface area contributed by atoms with E-state index < -0.39 is 15.7 Å². The second-order valence-electron chi connectivity index (χ2n) is 5.64. The highest BCUT2D eigenvalue weighted by Gasteiger charge is 2.19. The molecule has 3 aromatic rings. The maximum Gasteiger partial charge on any atom is 0.226 e. The van der Waals surface area contributed by atoms with Gasteiger partial charge in [0, 0.05) is 16.1 Å². The fourth-order valence-corrected chi connectivity index (χ4v) is 4.08. The molecule has 0 bridgehead atoms. The van der Waals surface area contributed by atoms with E-state index in [2.05, 4.69) is 4.98 Å². The zero-order valence-corrected chi connectivity index (χ0v) is 15.3. The van der Waals surface area contributed by atoms with Gasteiger partial charge < -0.3 is 9.15 Å². The quantitative estimate of drug-likeness (QED) is 0.623. The normalized spacial score (nSPS) is 11.5. The maximum atomic E-state index is 13.3. The molecular formula is C18H15ClFNO4S. The van der Waals surface area contributed by atoms with E-state index in [4.69, 9.17) is 20.8 Å². The van der Waals surface area contributed by atoms with Crippen LogP contribution >= 0.6 is 11.6 Å². The van der Waals surface area contributed by atoms with Gasteiger partial charge in [-0.05, 0) is 36.4 Å². The molecule has 0 aliphatic rings. The summed E-state index contributed by atoms with van der Waals surface area (Å²) in [4.78, 5) is 4.14. The number of methoxy groups -OCH3 is 1. The zero-order valence-electron chi connectivity index (χ0n) is 13.8.